The Hall–Kier alpha value is -4.09. The third-order valence-corrected chi connectivity index (χ3v) is 3.77. The Labute approximate surface area is 156 Å². The van der Waals surface area contributed by atoms with Gasteiger partial charge in [0.15, 0.2) is 6.61 Å². The average Bonchev–Trinajstić information content (AvgIpc) is 2.73. The first-order valence-corrected chi connectivity index (χ1v) is 8.12. The minimum absolute atomic E-state index is 0.233. The van der Waals surface area contributed by atoms with Crippen molar-refractivity contribution in [1.29, 1.82) is 10.5 Å². The van der Waals surface area contributed by atoms with Gasteiger partial charge in [0.05, 0.1) is 23.3 Å². The SMILES string of the molecule is N#Cc1ccc(OCC(=O)Oc2ccc(-c3ccc(C#N)cc3)cc2)cc1. The van der Waals surface area contributed by atoms with E-state index in [9.17, 15) is 4.79 Å². The van der Waals surface area contributed by atoms with Gasteiger partial charge in [-0.05, 0) is 59.7 Å². The van der Waals surface area contributed by atoms with Gasteiger partial charge in [0.2, 0.25) is 0 Å². The third-order valence-electron chi connectivity index (χ3n) is 3.77. The highest BCUT2D eigenvalue weighted by Gasteiger charge is 2.07. The van der Waals surface area contributed by atoms with Crippen LogP contribution in [0.15, 0.2) is 72.8 Å². The van der Waals surface area contributed by atoms with Crippen molar-refractivity contribution in [3.05, 3.63) is 83.9 Å². The summed E-state index contributed by atoms with van der Waals surface area (Å²) >= 11 is 0. The van der Waals surface area contributed by atoms with Crippen molar-refractivity contribution in [3.8, 4) is 34.8 Å². The summed E-state index contributed by atoms with van der Waals surface area (Å²) in [5, 5.41) is 17.6. The molecule has 5 nitrogen and oxygen atoms in total. The van der Waals surface area contributed by atoms with Gasteiger partial charge in [-0.2, -0.15) is 10.5 Å². The van der Waals surface area contributed by atoms with E-state index in [2.05, 4.69) is 6.07 Å². The summed E-state index contributed by atoms with van der Waals surface area (Å²) in [6.07, 6.45) is 0. The van der Waals surface area contributed by atoms with Gasteiger partial charge in [-0.1, -0.05) is 24.3 Å². The Morgan fingerprint density at radius 2 is 1.15 bits per heavy atom. The molecule has 0 amide bonds. The second-order valence-electron chi connectivity index (χ2n) is 5.61. The molecule has 0 N–H and O–H groups in total. The highest BCUT2D eigenvalue weighted by atomic mass is 16.6. The molecular formula is C22H14N2O3. The highest BCUT2D eigenvalue weighted by molar-refractivity contribution is 5.74. The number of hydrogen-bond donors (Lipinski definition) is 0. The molecular weight excluding hydrogens is 340 g/mol. The van der Waals surface area contributed by atoms with Crippen LogP contribution in [0.1, 0.15) is 11.1 Å². The molecule has 0 heterocycles. The number of rotatable bonds is 5. The molecule has 3 aromatic rings. The number of nitrogens with zero attached hydrogens (tertiary/aromatic N) is 2. The fourth-order valence-electron chi connectivity index (χ4n) is 2.38. The number of carbonyl (C=O) groups is 1. The van der Waals surface area contributed by atoms with E-state index in [1.165, 1.54) is 0 Å². The van der Waals surface area contributed by atoms with Crippen LogP contribution < -0.4 is 9.47 Å². The van der Waals surface area contributed by atoms with Crippen LogP contribution in [0, 0.1) is 22.7 Å². The van der Waals surface area contributed by atoms with Gasteiger partial charge >= 0.3 is 5.97 Å². The van der Waals surface area contributed by atoms with Crippen LogP contribution in [0.3, 0.4) is 0 Å². The van der Waals surface area contributed by atoms with Crippen molar-refractivity contribution < 1.29 is 14.3 Å². The Balaban J connectivity index is 1.56. The molecule has 0 radical (unpaired) electrons. The number of hydrogen-bond acceptors (Lipinski definition) is 5. The van der Waals surface area contributed by atoms with Gasteiger partial charge in [-0.3, -0.25) is 0 Å². The van der Waals surface area contributed by atoms with Crippen LogP contribution in [0.2, 0.25) is 0 Å². The van der Waals surface area contributed by atoms with E-state index in [1.54, 1.807) is 48.5 Å². The zero-order valence-corrected chi connectivity index (χ0v) is 14.3. The molecule has 0 atom stereocenters. The largest absolute Gasteiger partial charge is 0.482 e. The molecule has 0 saturated heterocycles. The van der Waals surface area contributed by atoms with E-state index in [4.69, 9.17) is 20.0 Å². The standard InChI is InChI=1S/C22H14N2O3/c23-13-16-1-5-18(6-2-16)19-7-11-21(12-8-19)27-22(25)15-26-20-9-3-17(14-24)4-10-20/h1-12H,15H2. The van der Waals surface area contributed by atoms with Crippen molar-refractivity contribution >= 4 is 5.97 Å². The summed E-state index contributed by atoms with van der Waals surface area (Å²) in [6.45, 7) is -0.233. The molecule has 0 spiro atoms. The van der Waals surface area contributed by atoms with Crippen LogP contribution in [0.4, 0.5) is 0 Å². The first kappa shape index (κ1) is 17.7. The molecule has 0 aromatic heterocycles. The second kappa shape index (κ2) is 8.33. The normalized spacial score (nSPS) is 9.70. The van der Waals surface area contributed by atoms with Crippen LogP contribution in [0.25, 0.3) is 11.1 Å². The molecule has 3 rings (SSSR count). The van der Waals surface area contributed by atoms with Gasteiger partial charge in [0, 0.05) is 0 Å². The molecule has 0 bridgehead atoms. The average molecular weight is 354 g/mol. The predicted molar refractivity (Wildman–Crippen MR) is 98.9 cm³/mol. The molecule has 0 aliphatic heterocycles. The molecule has 0 aliphatic carbocycles. The van der Waals surface area contributed by atoms with E-state index in [0.29, 0.717) is 22.6 Å². The van der Waals surface area contributed by atoms with Crippen molar-refractivity contribution in [2.75, 3.05) is 6.61 Å². The smallest absolute Gasteiger partial charge is 0.349 e. The Morgan fingerprint density at radius 3 is 1.67 bits per heavy atom. The van der Waals surface area contributed by atoms with Crippen LogP contribution in [0.5, 0.6) is 11.5 Å². The number of benzene rings is 3. The topological polar surface area (TPSA) is 83.1 Å². The minimum atomic E-state index is -0.523. The quantitative estimate of drug-likeness (QED) is 0.509. The first-order chi connectivity index (χ1) is 13.2. The lowest BCUT2D eigenvalue weighted by Crippen LogP contribution is -2.17. The van der Waals surface area contributed by atoms with Crippen molar-refractivity contribution in [3.63, 3.8) is 0 Å². The Morgan fingerprint density at radius 1 is 0.704 bits per heavy atom. The van der Waals surface area contributed by atoms with E-state index < -0.39 is 5.97 Å². The summed E-state index contributed by atoms with van der Waals surface area (Å²) in [5.74, 6) is 0.383. The zero-order valence-electron chi connectivity index (χ0n) is 14.3. The van der Waals surface area contributed by atoms with Crippen LogP contribution in [-0.2, 0) is 4.79 Å². The van der Waals surface area contributed by atoms with E-state index in [1.807, 2.05) is 30.3 Å². The number of nitriles is 2. The van der Waals surface area contributed by atoms with Crippen LogP contribution >= 0.6 is 0 Å². The predicted octanol–water partition coefficient (Wildman–Crippen LogP) is 4.08. The molecule has 130 valence electrons. The molecule has 0 unspecified atom stereocenters. The van der Waals surface area contributed by atoms with Gasteiger partial charge in [0.25, 0.3) is 0 Å². The lowest BCUT2D eigenvalue weighted by Gasteiger charge is -2.08. The number of carbonyl (C=O) groups excluding carboxylic acids is 1. The first-order valence-electron chi connectivity index (χ1n) is 8.12. The fourth-order valence-corrected chi connectivity index (χ4v) is 2.38. The molecule has 5 heteroatoms. The van der Waals surface area contributed by atoms with E-state index >= 15 is 0 Å². The number of esters is 1. The van der Waals surface area contributed by atoms with Crippen molar-refractivity contribution in [2.24, 2.45) is 0 Å². The highest BCUT2D eigenvalue weighted by Crippen LogP contribution is 2.23. The summed E-state index contributed by atoms with van der Waals surface area (Å²) < 4.78 is 10.6. The summed E-state index contributed by atoms with van der Waals surface area (Å²) in [7, 11) is 0. The fraction of sp³-hybridized carbons (Fsp3) is 0.0455. The summed E-state index contributed by atoms with van der Waals surface area (Å²) in [6, 6.07) is 24.9. The van der Waals surface area contributed by atoms with Gasteiger partial charge < -0.3 is 9.47 Å². The monoisotopic (exact) mass is 354 g/mol. The molecule has 3 aromatic carbocycles. The maximum atomic E-state index is 11.9. The summed E-state index contributed by atoms with van der Waals surface area (Å²) in [4.78, 5) is 11.9. The maximum absolute atomic E-state index is 11.9. The third kappa shape index (κ3) is 4.72. The second-order valence-corrected chi connectivity index (χ2v) is 5.61. The van der Waals surface area contributed by atoms with Crippen molar-refractivity contribution in [1.82, 2.24) is 0 Å². The van der Waals surface area contributed by atoms with Gasteiger partial charge in [-0.25, -0.2) is 4.79 Å². The zero-order chi connectivity index (χ0) is 19.1. The van der Waals surface area contributed by atoms with E-state index in [-0.39, 0.29) is 6.61 Å². The van der Waals surface area contributed by atoms with Gasteiger partial charge in [0.1, 0.15) is 11.5 Å². The lowest BCUT2D eigenvalue weighted by molar-refractivity contribution is -0.136. The number of ether oxygens (including phenoxy) is 2. The maximum Gasteiger partial charge on any atom is 0.349 e. The van der Waals surface area contributed by atoms with Gasteiger partial charge in [-0.15, -0.1) is 0 Å². The Kier molecular flexibility index (Phi) is 5.47. The molecule has 0 aliphatic rings. The minimum Gasteiger partial charge on any atom is -0.482 e. The lowest BCUT2D eigenvalue weighted by atomic mass is 10.0. The Bertz CT molecular complexity index is 1010. The molecule has 0 saturated carbocycles. The summed E-state index contributed by atoms with van der Waals surface area (Å²) in [5.41, 5.74) is 3.04. The van der Waals surface area contributed by atoms with E-state index in [0.717, 1.165) is 11.1 Å². The van der Waals surface area contributed by atoms with Crippen molar-refractivity contribution in [2.45, 2.75) is 0 Å². The van der Waals surface area contributed by atoms with Crippen LogP contribution in [-0.4, -0.2) is 12.6 Å². The molecule has 27 heavy (non-hydrogen) atoms. The molecule has 0 fully saturated rings.